The number of β-amino-alcohol motifs (C(OH)–C–C–N with tert-alkyl or cyclic N) is 1. The van der Waals surface area contributed by atoms with Gasteiger partial charge in [-0.1, -0.05) is 25.1 Å². The SMILES string of the molecule is CCCn1c(=O)n(C)c(=O)c2c1ncn2CC(O)CN1CCN(CCCS(=O)(=O)c2c(C)cccc2C)CC1. The van der Waals surface area contributed by atoms with Gasteiger partial charge in [0.15, 0.2) is 21.0 Å². The standard InChI is InChI=1S/C27H40N6O5S/c1-5-10-33-25-23(26(35)29(4)27(33)36)32(19-28-25)18-22(34)17-31-14-12-30(13-15-31)11-7-16-39(37,38)24-20(2)8-6-9-21(24)3/h6,8-9,19,22,34H,5,7,10-18H2,1-4H3. The second kappa shape index (κ2) is 12.2. The number of rotatable bonds is 11. The van der Waals surface area contributed by atoms with Gasteiger partial charge in [-0.2, -0.15) is 0 Å². The summed E-state index contributed by atoms with van der Waals surface area (Å²) in [5, 5.41) is 10.8. The highest BCUT2D eigenvalue weighted by atomic mass is 32.2. The second-order valence-electron chi connectivity index (χ2n) is 10.6. The molecule has 1 fully saturated rings. The lowest BCUT2D eigenvalue weighted by atomic mass is 10.2. The van der Waals surface area contributed by atoms with Gasteiger partial charge in [-0.25, -0.2) is 18.2 Å². The molecule has 4 rings (SSSR count). The molecule has 0 aliphatic carbocycles. The lowest BCUT2D eigenvalue weighted by Gasteiger charge is -2.35. The Morgan fingerprint density at radius 2 is 1.64 bits per heavy atom. The van der Waals surface area contributed by atoms with E-state index in [1.807, 2.05) is 39.0 Å². The summed E-state index contributed by atoms with van der Waals surface area (Å²) in [6.07, 6.45) is 2.11. The van der Waals surface area contributed by atoms with Gasteiger partial charge in [0, 0.05) is 46.3 Å². The fourth-order valence-electron chi connectivity index (χ4n) is 5.52. The number of aromatic nitrogens is 4. The molecule has 0 amide bonds. The van der Waals surface area contributed by atoms with E-state index < -0.39 is 21.5 Å². The number of hydrogen-bond donors (Lipinski definition) is 1. The minimum absolute atomic E-state index is 0.127. The first kappa shape index (κ1) is 29.2. The molecule has 0 saturated carbocycles. The summed E-state index contributed by atoms with van der Waals surface area (Å²) in [5.41, 5.74) is 1.46. The van der Waals surface area contributed by atoms with Gasteiger partial charge in [0.2, 0.25) is 0 Å². The Morgan fingerprint density at radius 1 is 1.00 bits per heavy atom. The molecule has 1 aromatic carbocycles. The van der Waals surface area contributed by atoms with Gasteiger partial charge < -0.3 is 14.6 Å². The fourth-order valence-corrected chi connectivity index (χ4v) is 7.35. The lowest BCUT2D eigenvalue weighted by molar-refractivity contribution is 0.0650. The Balaban J connectivity index is 1.29. The van der Waals surface area contributed by atoms with E-state index in [9.17, 15) is 23.1 Å². The summed E-state index contributed by atoms with van der Waals surface area (Å²) in [4.78, 5) is 34.5. The van der Waals surface area contributed by atoms with Crippen molar-refractivity contribution in [2.45, 2.75) is 57.7 Å². The molecular weight excluding hydrogens is 520 g/mol. The zero-order chi connectivity index (χ0) is 28.3. The number of aliphatic hydroxyl groups excluding tert-OH is 1. The predicted molar refractivity (Wildman–Crippen MR) is 151 cm³/mol. The minimum Gasteiger partial charge on any atom is -0.390 e. The first-order chi connectivity index (χ1) is 18.5. The summed E-state index contributed by atoms with van der Waals surface area (Å²) in [6.45, 7) is 10.6. The van der Waals surface area contributed by atoms with Crippen molar-refractivity contribution in [1.29, 1.82) is 0 Å². The molecule has 1 atom stereocenters. The normalized spacial score (nSPS) is 16.2. The quantitative estimate of drug-likeness (QED) is 0.365. The van der Waals surface area contributed by atoms with Crippen molar-refractivity contribution >= 4 is 21.0 Å². The van der Waals surface area contributed by atoms with E-state index in [0.29, 0.717) is 42.1 Å². The number of sulfone groups is 1. The van der Waals surface area contributed by atoms with Crippen LogP contribution in [0.1, 0.15) is 30.9 Å². The number of hydrogen-bond acceptors (Lipinski definition) is 8. The van der Waals surface area contributed by atoms with Crippen molar-refractivity contribution in [3.8, 4) is 0 Å². The smallest absolute Gasteiger partial charge is 0.332 e. The molecule has 39 heavy (non-hydrogen) atoms. The van der Waals surface area contributed by atoms with Crippen molar-refractivity contribution in [2.75, 3.05) is 45.0 Å². The van der Waals surface area contributed by atoms with Crippen LogP contribution < -0.4 is 11.2 Å². The van der Waals surface area contributed by atoms with Crippen molar-refractivity contribution in [3.05, 3.63) is 56.5 Å². The highest BCUT2D eigenvalue weighted by Gasteiger charge is 2.23. The topological polar surface area (TPSA) is 123 Å². The molecule has 0 radical (unpaired) electrons. The maximum absolute atomic E-state index is 12.9. The Morgan fingerprint density at radius 3 is 2.28 bits per heavy atom. The highest BCUT2D eigenvalue weighted by molar-refractivity contribution is 7.91. The summed E-state index contributed by atoms with van der Waals surface area (Å²) in [5.74, 6) is 0.127. The highest BCUT2D eigenvalue weighted by Crippen LogP contribution is 2.21. The van der Waals surface area contributed by atoms with E-state index in [4.69, 9.17) is 0 Å². The first-order valence-electron chi connectivity index (χ1n) is 13.6. The number of aryl methyl sites for hydroxylation is 3. The van der Waals surface area contributed by atoms with Gasteiger partial charge in [0.25, 0.3) is 5.56 Å². The van der Waals surface area contributed by atoms with Gasteiger partial charge in [-0.05, 0) is 44.4 Å². The molecule has 1 aliphatic heterocycles. The third-order valence-corrected chi connectivity index (χ3v) is 9.59. The van der Waals surface area contributed by atoms with Crippen LogP contribution in [0.5, 0.6) is 0 Å². The van der Waals surface area contributed by atoms with Crippen LogP contribution in [-0.4, -0.2) is 93.1 Å². The van der Waals surface area contributed by atoms with Crippen LogP contribution in [0.4, 0.5) is 0 Å². The fraction of sp³-hybridized carbons (Fsp3) is 0.593. The number of nitrogens with zero attached hydrogens (tertiary/aromatic N) is 6. The monoisotopic (exact) mass is 560 g/mol. The molecule has 3 heterocycles. The zero-order valence-corrected chi connectivity index (χ0v) is 24.2. The van der Waals surface area contributed by atoms with E-state index in [2.05, 4.69) is 14.8 Å². The molecule has 1 saturated heterocycles. The van der Waals surface area contributed by atoms with Crippen molar-refractivity contribution < 1.29 is 13.5 Å². The van der Waals surface area contributed by atoms with E-state index in [0.717, 1.165) is 48.3 Å². The van der Waals surface area contributed by atoms with Gasteiger partial charge in [0.1, 0.15) is 0 Å². The third-order valence-electron chi connectivity index (χ3n) is 7.49. The maximum Gasteiger partial charge on any atom is 0.332 e. The summed E-state index contributed by atoms with van der Waals surface area (Å²) in [6, 6.07) is 5.56. The molecule has 1 aliphatic rings. The number of imidazole rings is 1. The predicted octanol–water partition coefficient (Wildman–Crippen LogP) is 0.766. The van der Waals surface area contributed by atoms with Gasteiger partial charge >= 0.3 is 5.69 Å². The molecule has 3 aromatic rings. The number of benzene rings is 1. The van der Waals surface area contributed by atoms with Crippen LogP contribution in [0.15, 0.2) is 39.0 Å². The summed E-state index contributed by atoms with van der Waals surface area (Å²) >= 11 is 0. The molecule has 2 aromatic heterocycles. The van der Waals surface area contributed by atoms with Crippen LogP contribution in [0.3, 0.4) is 0 Å². The van der Waals surface area contributed by atoms with Crippen LogP contribution in [0, 0.1) is 13.8 Å². The largest absolute Gasteiger partial charge is 0.390 e. The Hall–Kier alpha value is -2.80. The van der Waals surface area contributed by atoms with Gasteiger partial charge in [-0.3, -0.25) is 18.8 Å². The Bertz CT molecular complexity index is 1510. The molecular formula is C27H40N6O5S. The van der Waals surface area contributed by atoms with Crippen molar-refractivity contribution in [1.82, 2.24) is 28.5 Å². The van der Waals surface area contributed by atoms with E-state index in [1.54, 1.807) is 4.57 Å². The summed E-state index contributed by atoms with van der Waals surface area (Å²) in [7, 11) is -1.86. The summed E-state index contributed by atoms with van der Waals surface area (Å²) < 4.78 is 30.1. The number of fused-ring (bicyclic) bond motifs is 1. The van der Waals surface area contributed by atoms with E-state index in [1.165, 1.54) is 17.9 Å². The molecule has 0 spiro atoms. The molecule has 0 bridgehead atoms. The van der Waals surface area contributed by atoms with Crippen LogP contribution in [0.2, 0.25) is 0 Å². The molecule has 214 valence electrons. The molecule has 12 heteroatoms. The zero-order valence-electron chi connectivity index (χ0n) is 23.3. The van der Waals surface area contributed by atoms with Crippen LogP contribution >= 0.6 is 0 Å². The maximum atomic E-state index is 12.9. The van der Waals surface area contributed by atoms with Crippen LogP contribution in [0.25, 0.3) is 11.2 Å². The van der Waals surface area contributed by atoms with Gasteiger partial charge in [-0.15, -0.1) is 0 Å². The lowest BCUT2D eigenvalue weighted by Crippen LogP contribution is -2.49. The van der Waals surface area contributed by atoms with Crippen LogP contribution in [-0.2, 0) is 30.0 Å². The average Bonchev–Trinajstić information content (AvgIpc) is 3.29. The minimum atomic E-state index is -3.32. The van der Waals surface area contributed by atoms with E-state index in [-0.39, 0.29) is 18.0 Å². The van der Waals surface area contributed by atoms with Gasteiger partial charge in [0.05, 0.1) is 29.6 Å². The molecule has 1 unspecified atom stereocenters. The number of piperazine rings is 1. The Kier molecular flexibility index (Phi) is 9.10. The van der Waals surface area contributed by atoms with Crippen molar-refractivity contribution in [2.24, 2.45) is 7.05 Å². The molecule has 11 nitrogen and oxygen atoms in total. The molecule has 1 N–H and O–H groups in total. The van der Waals surface area contributed by atoms with E-state index >= 15 is 0 Å². The third kappa shape index (κ3) is 6.34. The van der Waals surface area contributed by atoms with Crippen molar-refractivity contribution in [3.63, 3.8) is 0 Å². The first-order valence-corrected chi connectivity index (χ1v) is 15.2. The number of aliphatic hydroxyl groups is 1. The Labute approximate surface area is 229 Å². The average molecular weight is 561 g/mol. The second-order valence-corrected chi connectivity index (χ2v) is 12.6.